The molecule has 2 aromatic rings. The van der Waals surface area contributed by atoms with Crippen LogP contribution in [0.25, 0.3) is 5.65 Å². The molecule has 0 radical (unpaired) electrons. The number of carboxylic acid groups (broad SMARTS) is 1. The molecule has 2 aromatic heterocycles. The Hall–Kier alpha value is -1.96. The van der Waals surface area contributed by atoms with E-state index in [1.165, 1.54) is 10.6 Å². The van der Waals surface area contributed by atoms with Gasteiger partial charge in [-0.15, -0.1) is 0 Å². The fourth-order valence-corrected chi connectivity index (χ4v) is 4.19. The minimum absolute atomic E-state index is 0.0340. The maximum atomic E-state index is 11.7. The molecule has 0 bridgehead atoms. The van der Waals surface area contributed by atoms with E-state index >= 15 is 0 Å². The molecular formula is C12H13N3O4S. The van der Waals surface area contributed by atoms with Crippen molar-refractivity contribution in [1.82, 2.24) is 14.6 Å². The zero-order valence-electron chi connectivity index (χ0n) is 10.6. The highest BCUT2D eigenvalue weighted by molar-refractivity contribution is 7.91. The molecule has 0 aliphatic carbocycles. The van der Waals surface area contributed by atoms with Gasteiger partial charge in [0, 0.05) is 12.1 Å². The summed E-state index contributed by atoms with van der Waals surface area (Å²) < 4.78 is 24.7. The van der Waals surface area contributed by atoms with Crippen molar-refractivity contribution in [3.8, 4) is 0 Å². The highest BCUT2D eigenvalue weighted by Gasteiger charge is 2.29. The third-order valence-corrected chi connectivity index (χ3v) is 5.26. The Balaban J connectivity index is 2.05. The van der Waals surface area contributed by atoms with Crippen LogP contribution in [0.3, 0.4) is 0 Å². The van der Waals surface area contributed by atoms with Crippen LogP contribution in [0.4, 0.5) is 0 Å². The van der Waals surface area contributed by atoms with Crippen LogP contribution in [-0.4, -0.2) is 45.6 Å². The number of carboxylic acids is 1. The van der Waals surface area contributed by atoms with Gasteiger partial charge >= 0.3 is 5.97 Å². The second kappa shape index (κ2) is 4.55. The topological polar surface area (TPSA) is 102 Å². The van der Waals surface area contributed by atoms with Gasteiger partial charge < -0.3 is 5.11 Å². The lowest BCUT2D eigenvalue weighted by molar-refractivity contribution is 0.0698. The highest BCUT2D eigenvalue weighted by Crippen LogP contribution is 2.26. The van der Waals surface area contributed by atoms with Crippen molar-refractivity contribution in [3.05, 3.63) is 29.7 Å². The Bertz CT molecular complexity index is 781. The molecular weight excluding hydrogens is 282 g/mol. The standard InChI is InChI=1S/C12H13N3O4S/c16-12(17)9-4-1-5-15-11(9)13-10(14-15)8-3-2-6-20(18,19)7-8/h1,4-5,8H,2-3,6-7H2,(H,16,17). The van der Waals surface area contributed by atoms with Crippen LogP contribution in [0, 0.1) is 0 Å². The second-order valence-corrected chi connectivity index (χ2v) is 7.15. The molecule has 1 saturated heterocycles. The maximum absolute atomic E-state index is 11.7. The molecule has 1 unspecified atom stereocenters. The van der Waals surface area contributed by atoms with Gasteiger partial charge in [-0.25, -0.2) is 22.7 Å². The number of hydrogen-bond donors (Lipinski definition) is 1. The summed E-state index contributed by atoms with van der Waals surface area (Å²) in [6.45, 7) is 0. The van der Waals surface area contributed by atoms with E-state index in [9.17, 15) is 13.2 Å². The molecule has 0 spiro atoms. The lowest BCUT2D eigenvalue weighted by Crippen LogP contribution is -2.24. The highest BCUT2D eigenvalue weighted by atomic mass is 32.2. The normalized spacial score (nSPS) is 21.9. The van der Waals surface area contributed by atoms with Gasteiger partial charge in [0.1, 0.15) is 5.56 Å². The number of rotatable bonds is 2. The summed E-state index contributed by atoms with van der Waals surface area (Å²) in [6.07, 6.45) is 2.91. The van der Waals surface area contributed by atoms with E-state index in [0.29, 0.717) is 18.7 Å². The zero-order valence-corrected chi connectivity index (χ0v) is 11.4. The Kier molecular flexibility index (Phi) is 2.97. The molecule has 3 rings (SSSR count). The van der Waals surface area contributed by atoms with Crippen molar-refractivity contribution in [1.29, 1.82) is 0 Å². The predicted octanol–water partition coefficient (Wildman–Crippen LogP) is 0.720. The summed E-state index contributed by atoms with van der Waals surface area (Å²) >= 11 is 0. The molecule has 106 valence electrons. The quantitative estimate of drug-likeness (QED) is 0.876. The van der Waals surface area contributed by atoms with E-state index in [-0.39, 0.29) is 28.6 Å². The first-order valence-electron chi connectivity index (χ1n) is 6.25. The first-order chi connectivity index (χ1) is 9.46. The average Bonchev–Trinajstić information content (AvgIpc) is 2.80. The van der Waals surface area contributed by atoms with Crippen LogP contribution in [0.5, 0.6) is 0 Å². The van der Waals surface area contributed by atoms with Crippen molar-refractivity contribution in [2.45, 2.75) is 18.8 Å². The maximum Gasteiger partial charge on any atom is 0.339 e. The van der Waals surface area contributed by atoms with Gasteiger partial charge in [-0.3, -0.25) is 0 Å². The van der Waals surface area contributed by atoms with Gasteiger partial charge in [0.15, 0.2) is 21.3 Å². The van der Waals surface area contributed by atoms with E-state index in [2.05, 4.69) is 10.1 Å². The van der Waals surface area contributed by atoms with Crippen molar-refractivity contribution < 1.29 is 18.3 Å². The summed E-state index contributed by atoms with van der Waals surface area (Å²) in [7, 11) is -3.05. The third-order valence-electron chi connectivity index (χ3n) is 3.44. The first-order valence-corrected chi connectivity index (χ1v) is 8.07. The number of aromatic nitrogens is 3. The van der Waals surface area contributed by atoms with Crippen molar-refractivity contribution >= 4 is 21.5 Å². The van der Waals surface area contributed by atoms with Crippen molar-refractivity contribution in [2.24, 2.45) is 0 Å². The Morgan fingerprint density at radius 1 is 1.45 bits per heavy atom. The molecule has 1 aliphatic heterocycles. The van der Waals surface area contributed by atoms with E-state index in [1.807, 2.05) is 0 Å². The number of fused-ring (bicyclic) bond motifs is 1. The van der Waals surface area contributed by atoms with Crippen LogP contribution >= 0.6 is 0 Å². The van der Waals surface area contributed by atoms with Crippen LogP contribution in [0.15, 0.2) is 18.3 Å². The van der Waals surface area contributed by atoms with Crippen LogP contribution in [0.2, 0.25) is 0 Å². The molecule has 8 heteroatoms. The van der Waals surface area contributed by atoms with Crippen LogP contribution in [-0.2, 0) is 9.84 Å². The lowest BCUT2D eigenvalue weighted by atomic mass is 10.1. The number of aromatic carboxylic acids is 1. The summed E-state index contributed by atoms with van der Waals surface area (Å²) in [5.74, 6) is -0.688. The molecule has 20 heavy (non-hydrogen) atoms. The zero-order chi connectivity index (χ0) is 14.3. The predicted molar refractivity (Wildman–Crippen MR) is 70.6 cm³/mol. The average molecular weight is 295 g/mol. The molecule has 7 nitrogen and oxygen atoms in total. The van der Waals surface area contributed by atoms with Gasteiger partial charge in [-0.05, 0) is 25.0 Å². The fraction of sp³-hybridized carbons (Fsp3) is 0.417. The first kappa shape index (κ1) is 13.0. The smallest absolute Gasteiger partial charge is 0.339 e. The van der Waals surface area contributed by atoms with Crippen molar-refractivity contribution in [2.75, 3.05) is 11.5 Å². The Labute approximate surface area is 115 Å². The lowest BCUT2D eigenvalue weighted by Gasteiger charge is -2.18. The number of hydrogen-bond acceptors (Lipinski definition) is 5. The number of carbonyl (C=O) groups is 1. The van der Waals surface area contributed by atoms with Crippen LogP contribution in [0.1, 0.15) is 34.9 Å². The Morgan fingerprint density at radius 3 is 2.95 bits per heavy atom. The third kappa shape index (κ3) is 2.26. The van der Waals surface area contributed by atoms with E-state index in [0.717, 1.165) is 0 Å². The molecule has 0 saturated carbocycles. The number of sulfone groups is 1. The van der Waals surface area contributed by atoms with Gasteiger partial charge in [0.2, 0.25) is 0 Å². The molecule has 1 atom stereocenters. The molecule has 3 heterocycles. The summed E-state index contributed by atoms with van der Waals surface area (Å²) in [4.78, 5) is 15.4. The molecule has 0 aromatic carbocycles. The van der Waals surface area contributed by atoms with E-state index < -0.39 is 15.8 Å². The number of pyridine rings is 1. The van der Waals surface area contributed by atoms with Crippen molar-refractivity contribution in [3.63, 3.8) is 0 Å². The minimum Gasteiger partial charge on any atom is -0.478 e. The Morgan fingerprint density at radius 2 is 2.25 bits per heavy atom. The monoisotopic (exact) mass is 295 g/mol. The molecule has 0 amide bonds. The molecule has 1 fully saturated rings. The molecule has 1 aliphatic rings. The van der Waals surface area contributed by atoms with Gasteiger partial charge in [-0.2, -0.15) is 5.10 Å². The van der Waals surface area contributed by atoms with E-state index in [1.54, 1.807) is 12.3 Å². The SMILES string of the molecule is O=C(O)c1cccn2nc(C3CCCS(=O)(=O)C3)nc12. The number of nitrogens with zero attached hydrogens (tertiary/aromatic N) is 3. The largest absolute Gasteiger partial charge is 0.478 e. The van der Waals surface area contributed by atoms with E-state index in [4.69, 9.17) is 5.11 Å². The summed E-state index contributed by atoms with van der Waals surface area (Å²) in [5.41, 5.74) is 0.308. The van der Waals surface area contributed by atoms with Gasteiger partial charge in [-0.1, -0.05) is 0 Å². The fourth-order valence-electron chi connectivity index (χ4n) is 2.49. The van der Waals surface area contributed by atoms with Crippen LogP contribution < -0.4 is 0 Å². The van der Waals surface area contributed by atoms with Gasteiger partial charge in [0.25, 0.3) is 0 Å². The summed E-state index contributed by atoms with van der Waals surface area (Å²) in [5, 5.41) is 13.3. The molecule has 1 N–H and O–H groups in total. The minimum atomic E-state index is -3.05. The summed E-state index contributed by atoms with van der Waals surface area (Å²) in [6, 6.07) is 3.03. The second-order valence-electron chi connectivity index (χ2n) is 4.92. The van der Waals surface area contributed by atoms with Gasteiger partial charge in [0.05, 0.1) is 11.5 Å².